The highest BCUT2D eigenvalue weighted by molar-refractivity contribution is 6.18. The van der Waals surface area contributed by atoms with Gasteiger partial charge < -0.3 is 9.64 Å². The van der Waals surface area contributed by atoms with E-state index in [1.807, 2.05) is 6.92 Å². The minimum atomic E-state index is -0.535. The number of nitrogens with zero attached hydrogens (tertiary/aromatic N) is 2. The van der Waals surface area contributed by atoms with Gasteiger partial charge in [0, 0.05) is 25.0 Å². The molecule has 0 N–H and O–H groups in total. The second kappa shape index (κ2) is 6.94. The van der Waals surface area contributed by atoms with Crippen molar-refractivity contribution < 1.29 is 14.5 Å². The van der Waals surface area contributed by atoms with Gasteiger partial charge in [0.05, 0.1) is 23.7 Å². The Balaban J connectivity index is 3.12. The maximum absolute atomic E-state index is 12.2. The van der Waals surface area contributed by atoms with E-state index in [1.54, 1.807) is 4.90 Å². The number of non-ortho nitro benzene ring substituents is 1. The lowest BCUT2D eigenvalue weighted by Gasteiger charge is -2.20. The zero-order chi connectivity index (χ0) is 14.4. The van der Waals surface area contributed by atoms with Gasteiger partial charge in [-0.15, -0.1) is 11.6 Å². The minimum Gasteiger partial charge on any atom is -0.496 e. The number of halogens is 1. The van der Waals surface area contributed by atoms with Crippen LogP contribution in [-0.2, 0) is 0 Å². The van der Waals surface area contributed by atoms with Gasteiger partial charge >= 0.3 is 0 Å². The fraction of sp³-hybridized carbons (Fsp3) is 0.417. The fourth-order valence-electron chi connectivity index (χ4n) is 1.65. The van der Waals surface area contributed by atoms with Gasteiger partial charge in [0.1, 0.15) is 5.75 Å². The Bertz CT molecular complexity index is 479. The zero-order valence-corrected chi connectivity index (χ0v) is 11.5. The van der Waals surface area contributed by atoms with Crippen molar-refractivity contribution in [1.29, 1.82) is 0 Å². The molecule has 0 unspecified atom stereocenters. The van der Waals surface area contributed by atoms with Crippen molar-refractivity contribution in [2.75, 3.05) is 26.1 Å². The predicted octanol–water partition coefficient (Wildman–Crippen LogP) is 2.30. The number of hydrogen-bond acceptors (Lipinski definition) is 4. The molecule has 0 bridgehead atoms. The lowest BCUT2D eigenvalue weighted by atomic mass is 10.1. The maximum Gasteiger partial charge on any atom is 0.273 e. The first kappa shape index (κ1) is 15.2. The number of methoxy groups -OCH3 is 1. The Morgan fingerprint density at radius 2 is 2.21 bits per heavy atom. The van der Waals surface area contributed by atoms with Crippen molar-refractivity contribution in [3.63, 3.8) is 0 Å². The average molecular weight is 287 g/mol. The molecule has 1 aromatic carbocycles. The number of ether oxygens (including phenoxy) is 1. The van der Waals surface area contributed by atoms with Gasteiger partial charge in [-0.05, 0) is 13.0 Å². The Morgan fingerprint density at radius 3 is 2.68 bits per heavy atom. The van der Waals surface area contributed by atoms with Crippen LogP contribution >= 0.6 is 11.6 Å². The smallest absolute Gasteiger partial charge is 0.273 e. The largest absolute Gasteiger partial charge is 0.496 e. The van der Waals surface area contributed by atoms with Gasteiger partial charge in [-0.1, -0.05) is 0 Å². The molecule has 0 aromatic heterocycles. The molecular weight excluding hydrogens is 272 g/mol. The molecule has 0 saturated carbocycles. The Hall–Kier alpha value is -1.82. The van der Waals surface area contributed by atoms with Crippen LogP contribution in [0.1, 0.15) is 17.3 Å². The number of nitro groups is 1. The molecule has 1 rings (SSSR count). The van der Waals surface area contributed by atoms with Gasteiger partial charge in [0.15, 0.2) is 0 Å². The molecule has 0 radical (unpaired) electrons. The molecule has 0 aliphatic rings. The number of nitro benzene ring substituents is 1. The Kier molecular flexibility index (Phi) is 5.57. The molecule has 1 aromatic rings. The number of alkyl halides is 1. The summed E-state index contributed by atoms with van der Waals surface area (Å²) in [5.41, 5.74) is 0.175. The summed E-state index contributed by atoms with van der Waals surface area (Å²) in [6.07, 6.45) is 0. The first-order valence-electron chi connectivity index (χ1n) is 5.72. The Labute approximate surface area is 116 Å². The van der Waals surface area contributed by atoms with Gasteiger partial charge in [-0.3, -0.25) is 14.9 Å². The molecule has 7 heteroatoms. The summed E-state index contributed by atoms with van der Waals surface area (Å²) in [4.78, 5) is 23.9. The third kappa shape index (κ3) is 3.57. The summed E-state index contributed by atoms with van der Waals surface area (Å²) in [6.45, 7) is 2.76. The van der Waals surface area contributed by atoms with Crippen LogP contribution in [0, 0.1) is 10.1 Å². The van der Waals surface area contributed by atoms with Crippen molar-refractivity contribution in [1.82, 2.24) is 4.90 Å². The molecule has 0 atom stereocenters. The second-order valence-electron chi connectivity index (χ2n) is 3.72. The van der Waals surface area contributed by atoms with Crippen LogP contribution in [0.15, 0.2) is 18.2 Å². The summed E-state index contributed by atoms with van der Waals surface area (Å²) in [6, 6.07) is 3.92. The summed E-state index contributed by atoms with van der Waals surface area (Å²) < 4.78 is 5.05. The lowest BCUT2D eigenvalue weighted by molar-refractivity contribution is -0.384. The van der Waals surface area contributed by atoms with E-state index in [2.05, 4.69) is 0 Å². The van der Waals surface area contributed by atoms with Crippen molar-refractivity contribution >= 4 is 23.2 Å². The minimum absolute atomic E-state index is 0.117. The highest BCUT2D eigenvalue weighted by Gasteiger charge is 2.20. The van der Waals surface area contributed by atoms with E-state index in [0.717, 1.165) is 0 Å². The number of hydrogen-bond donors (Lipinski definition) is 0. The quantitative estimate of drug-likeness (QED) is 0.457. The third-order valence-electron chi connectivity index (χ3n) is 2.65. The molecule has 0 aliphatic carbocycles. The third-order valence-corrected chi connectivity index (χ3v) is 2.82. The zero-order valence-electron chi connectivity index (χ0n) is 10.8. The first-order chi connectivity index (χ1) is 9.04. The van der Waals surface area contributed by atoms with E-state index < -0.39 is 4.92 Å². The first-order valence-corrected chi connectivity index (χ1v) is 6.26. The molecule has 6 nitrogen and oxygen atoms in total. The van der Waals surface area contributed by atoms with E-state index in [-0.39, 0.29) is 17.3 Å². The van der Waals surface area contributed by atoms with Crippen LogP contribution in [0.3, 0.4) is 0 Å². The summed E-state index contributed by atoms with van der Waals surface area (Å²) in [5.74, 6) is 0.261. The normalized spacial score (nSPS) is 10.1. The number of carbonyl (C=O) groups is 1. The molecule has 0 aliphatic heterocycles. The standard InChI is InChI=1S/C12H15ClN2O4/c1-3-14(7-6-13)12(16)10-5-4-9(15(17)18)8-11(10)19-2/h4-5,8H,3,6-7H2,1-2H3. The van der Waals surface area contributed by atoms with Crippen LogP contribution < -0.4 is 4.74 Å². The number of rotatable bonds is 6. The average Bonchev–Trinajstić information content (AvgIpc) is 2.43. The summed E-state index contributed by atoms with van der Waals surface area (Å²) in [7, 11) is 1.37. The molecule has 1 amide bonds. The molecule has 0 fully saturated rings. The second-order valence-corrected chi connectivity index (χ2v) is 4.09. The fourth-order valence-corrected chi connectivity index (χ4v) is 1.85. The van der Waals surface area contributed by atoms with Crippen molar-refractivity contribution in [2.45, 2.75) is 6.92 Å². The number of benzene rings is 1. The van der Waals surface area contributed by atoms with Crippen LogP contribution in [0.4, 0.5) is 5.69 Å². The van der Waals surface area contributed by atoms with E-state index in [0.29, 0.717) is 24.5 Å². The van der Waals surface area contributed by atoms with Crippen LogP contribution in [0.25, 0.3) is 0 Å². The van der Waals surface area contributed by atoms with Gasteiger partial charge in [-0.2, -0.15) is 0 Å². The molecule has 0 saturated heterocycles. The molecule has 0 spiro atoms. The highest BCUT2D eigenvalue weighted by atomic mass is 35.5. The van der Waals surface area contributed by atoms with Crippen LogP contribution in [0.2, 0.25) is 0 Å². The summed E-state index contributed by atoms with van der Waals surface area (Å²) in [5, 5.41) is 10.7. The van der Waals surface area contributed by atoms with Crippen molar-refractivity contribution in [3.05, 3.63) is 33.9 Å². The van der Waals surface area contributed by atoms with Crippen LogP contribution in [0.5, 0.6) is 5.75 Å². The van der Waals surface area contributed by atoms with Crippen molar-refractivity contribution in [2.24, 2.45) is 0 Å². The molecule has 19 heavy (non-hydrogen) atoms. The maximum atomic E-state index is 12.2. The van der Waals surface area contributed by atoms with E-state index in [4.69, 9.17) is 16.3 Å². The molecular formula is C12H15ClN2O4. The van der Waals surface area contributed by atoms with Gasteiger partial charge in [0.2, 0.25) is 0 Å². The van der Waals surface area contributed by atoms with Gasteiger partial charge in [0.25, 0.3) is 11.6 Å². The molecule has 104 valence electrons. The van der Waals surface area contributed by atoms with Gasteiger partial charge in [-0.25, -0.2) is 0 Å². The molecule has 0 heterocycles. The van der Waals surface area contributed by atoms with E-state index in [1.165, 1.54) is 25.3 Å². The number of carbonyl (C=O) groups excluding carboxylic acids is 1. The van der Waals surface area contributed by atoms with Crippen LogP contribution in [-0.4, -0.2) is 41.8 Å². The highest BCUT2D eigenvalue weighted by Crippen LogP contribution is 2.25. The SMILES string of the molecule is CCN(CCCl)C(=O)c1ccc([N+](=O)[O-])cc1OC. The van der Waals surface area contributed by atoms with E-state index in [9.17, 15) is 14.9 Å². The lowest BCUT2D eigenvalue weighted by Crippen LogP contribution is -2.32. The van der Waals surface area contributed by atoms with E-state index >= 15 is 0 Å². The number of amides is 1. The predicted molar refractivity (Wildman–Crippen MR) is 71.9 cm³/mol. The summed E-state index contributed by atoms with van der Waals surface area (Å²) >= 11 is 5.63. The van der Waals surface area contributed by atoms with Crippen molar-refractivity contribution in [3.8, 4) is 5.75 Å². The Morgan fingerprint density at radius 1 is 1.53 bits per heavy atom. The topological polar surface area (TPSA) is 72.7 Å². The monoisotopic (exact) mass is 286 g/mol.